The lowest BCUT2D eigenvalue weighted by Crippen LogP contribution is -2.49. The number of anilines is 1. The summed E-state index contributed by atoms with van der Waals surface area (Å²) in [5.74, 6) is -0.275. The molecule has 0 aromatic heterocycles. The molecule has 3 rings (SSSR count). The molecule has 0 N–H and O–H groups in total. The number of hydrogen-bond acceptors (Lipinski definition) is 4. The van der Waals surface area contributed by atoms with Crippen LogP contribution in [-0.4, -0.2) is 80.0 Å². The van der Waals surface area contributed by atoms with Crippen LogP contribution >= 0.6 is 23.2 Å². The average Bonchev–Trinajstić information content (AvgIpc) is 2.86. The topological polar surface area (TPSA) is 53.1 Å². The van der Waals surface area contributed by atoms with Crippen LogP contribution in [0.3, 0.4) is 0 Å². The molecule has 1 saturated heterocycles. The molecule has 0 radical (unpaired) electrons. The van der Waals surface area contributed by atoms with E-state index in [0.717, 1.165) is 31.1 Å². The van der Waals surface area contributed by atoms with Crippen LogP contribution in [-0.2, 0) is 16.0 Å². The quantitative estimate of drug-likeness (QED) is 0.373. The van der Waals surface area contributed by atoms with Gasteiger partial charge in [0.25, 0.3) is 5.91 Å². The van der Waals surface area contributed by atoms with Crippen LogP contribution in [0.4, 0.5) is 5.69 Å². The highest BCUT2D eigenvalue weighted by Gasteiger charge is 2.22. The molecule has 0 bridgehead atoms. The average molecular weight is 492 g/mol. The highest BCUT2D eigenvalue weighted by molar-refractivity contribution is 6.30. The summed E-state index contributed by atoms with van der Waals surface area (Å²) in [7, 11) is 0. The van der Waals surface area contributed by atoms with Crippen molar-refractivity contribution in [3.8, 4) is 0 Å². The fourth-order valence-corrected chi connectivity index (χ4v) is 4.12. The molecule has 2 aromatic rings. The monoisotopic (exact) mass is 491 g/mol. The van der Waals surface area contributed by atoms with Gasteiger partial charge in [-0.05, 0) is 55.3 Å². The molecule has 0 atom stereocenters. The molecule has 1 heterocycles. The number of ether oxygens (including phenoxy) is 1. The highest BCUT2D eigenvalue weighted by Crippen LogP contribution is 2.18. The van der Waals surface area contributed by atoms with Crippen molar-refractivity contribution in [2.24, 2.45) is 0 Å². The highest BCUT2D eigenvalue weighted by atomic mass is 35.5. The lowest BCUT2D eigenvalue weighted by atomic mass is 10.1. The zero-order valence-corrected chi connectivity index (χ0v) is 20.5. The molecular weight excluding hydrogens is 461 g/mol. The number of hydrogen-bond donors (Lipinski definition) is 0. The van der Waals surface area contributed by atoms with Gasteiger partial charge in [0.15, 0.2) is 0 Å². The van der Waals surface area contributed by atoms with Gasteiger partial charge in [-0.1, -0.05) is 23.7 Å². The van der Waals surface area contributed by atoms with Gasteiger partial charge in [0.05, 0.1) is 6.61 Å². The van der Waals surface area contributed by atoms with Crippen LogP contribution in [0.5, 0.6) is 0 Å². The summed E-state index contributed by atoms with van der Waals surface area (Å²) in [6, 6.07) is 15.1. The number of amides is 2. The summed E-state index contributed by atoms with van der Waals surface area (Å²) in [4.78, 5) is 31.1. The second kappa shape index (κ2) is 12.9. The summed E-state index contributed by atoms with van der Waals surface area (Å²) in [5, 5.41) is 0.753. The third-order valence-electron chi connectivity index (χ3n) is 5.79. The van der Waals surface area contributed by atoms with Gasteiger partial charge in [-0.25, -0.2) is 0 Å². The molecule has 0 saturated carbocycles. The van der Waals surface area contributed by atoms with Crippen LogP contribution in [0.1, 0.15) is 22.8 Å². The van der Waals surface area contributed by atoms with Crippen molar-refractivity contribution >= 4 is 40.7 Å². The summed E-state index contributed by atoms with van der Waals surface area (Å²) < 4.78 is 5.37. The molecule has 0 unspecified atom stereocenters. The largest absolute Gasteiger partial charge is 0.380 e. The summed E-state index contributed by atoms with van der Waals surface area (Å²) in [5.41, 5.74) is 2.60. The Morgan fingerprint density at radius 3 is 2.27 bits per heavy atom. The Kier molecular flexibility index (Phi) is 10.0. The first-order valence-electron chi connectivity index (χ1n) is 11.3. The Balaban J connectivity index is 1.51. The van der Waals surface area contributed by atoms with E-state index >= 15 is 0 Å². The van der Waals surface area contributed by atoms with Crippen LogP contribution in [0, 0.1) is 0 Å². The molecule has 1 aliphatic rings. The van der Waals surface area contributed by atoms with Gasteiger partial charge in [0.2, 0.25) is 5.91 Å². The van der Waals surface area contributed by atoms with Crippen LogP contribution < -0.4 is 4.90 Å². The zero-order chi connectivity index (χ0) is 23.6. The molecule has 1 fully saturated rings. The fourth-order valence-electron chi connectivity index (χ4n) is 3.85. The third kappa shape index (κ3) is 7.44. The zero-order valence-electron chi connectivity index (χ0n) is 19.0. The second-order valence-electron chi connectivity index (χ2n) is 7.93. The number of piperazine rings is 1. The Morgan fingerprint density at radius 2 is 1.67 bits per heavy atom. The van der Waals surface area contributed by atoms with Gasteiger partial charge in [0.1, 0.15) is 5.88 Å². The van der Waals surface area contributed by atoms with Gasteiger partial charge in [-0.3, -0.25) is 14.5 Å². The number of halogens is 2. The predicted octanol–water partition coefficient (Wildman–Crippen LogP) is 3.95. The van der Waals surface area contributed by atoms with Crippen molar-refractivity contribution in [3.63, 3.8) is 0 Å². The Labute approximate surface area is 206 Å². The van der Waals surface area contributed by atoms with Gasteiger partial charge < -0.3 is 14.5 Å². The van der Waals surface area contributed by atoms with E-state index in [0.29, 0.717) is 44.1 Å². The first-order valence-corrected chi connectivity index (χ1v) is 12.2. The van der Waals surface area contributed by atoms with E-state index in [-0.39, 0.29) is 17.7 Å². The van der Waals surface area contributed by atoms with E-state index in [9.17, 15) is 9.59 Å². The number of rotatable bonds is 10. The standard InChI is InChI=1S/C25H31Cl2N3O3/c1-2-33-18-17-30(24(31)19-26)23-9-5-21(6-10-23)25(32)29-15-13-28(14-16-29)12-11-20-3-7-22(27)8-4-20/h3-10H,2,11-19H2,1H3. The van der Waals surface area contributed by atoms with E-state index in [1.165, 1.54) is 5.56 Å². The van der Waals surface area contributed by atoms with E-state index in [1.807, 2.05) is 24.0 Å². The first kappa shape index (κ1) is 25.5. The van der Waals surface area contributed by atoms with E-state index in [4.69, 9.17) is 27.9 Å². The molecule has 2 amide bonds. The molecule has 33 heavy (non-hydrogen) atoms. The van der Waals surface area contributed by atoms with Crippen molar-refractivity contribution in [2.45, 2.75) is 13.3 Å². The minimum atomic E-state index is -0.190. The maximum absolute atomic E-state index is 13.0. The van der Waals surface area contributed by atoms with Crippen molar-refractivity contribution < 1.29 is 14.3 Å². The Bertz CT molecular complexity index is 898. The summed E-state index contributed by atoms with van der Waals surface area (Å²) in [6.45, 7) is 7.42. The number of carbonyl (C=O) groups excluding carboxylic acids is 2. The molecule has 6 nitrogen and oxygen atoms in total. The SMILES string of the molecule is CCOCCN(C(=O)CCl)c1ccc(C(=O)N2CCN(CCc3ccc(Cl)cc3)CC2)cc1. The second-order valence-corrected chi connectivity index (χ2v) is 8.64. The van der Waals surface area contributed by atoms with Crippen molar-refractivity contribution in [3.05, 3.63) is 64.7 Å². The molecular formula is C25H31Cl2N3O3. The number of alkyl halides is 1. The van der Waals surface area contributed by atoms with Gasteiger partial charge >= 0.3 is 0 Å². The molecule has 2 aromatic carbocycles. The third-order valence-corrected chi connectivity index (χ3v) is 6.27. The first-order chi connectivity index (χ1) is 16.0. The number of benzene rings is 2. The minimum Gasteiger partial charge on any atom is -0.380 e. The molecule has 178 valence electrons. The maximum Gasteiger partial charge on any atom is 0.253 e. The number of carbonyl (C=O) groups is 2. The van der Waals surface area contributed by atoms with Gasteiger partial charge in [-0.2, -0.15) is 0 Å². The molecule has 8 heteroatoms. The lowest BCUT2D eigenvalue weighted by molar-refractivity contribution is -0.116. The predicted molar refractivity (Wildman–Crippen MR) is 134 cm³/mol. The van der Waals surface area contributed by atoms with Crippen molar-refractivity contribution in [1.82, 2.24) is 9.80 Å². The molecule has 0 aliphatic carbocycles. The van der Waals surface area contributed by atoms with Crippen LogP contribution in [0.25, 0.3) is 0 Å². The van der Waals surface area contributed by atoms with Crippen molar-refractivity contribution in [2.75, 3.05) is 63.3 Å². The van der Waals surface area contributed by atoms with E-state index in [1.54, 1.807) is 29.2 Å². The maximum atomic E-state index is 13.0. The smallest absolute Gasteiger partial charge is 0.253 e. The van der Waals surface area contributed by atoms with E-state index < -0.39 is 0 Å². The fraction of sp³-hybridized carbons (Fsp3) is 0.440. The van der Waals surface area contributed by atoms with Crippen LogP contribution in [0.2, 0.25) is 5.02 Å². The summed E-state index contributed by atoms with van der Waals surface area (Å²) in [6.07, 6.45) is 0.966. The Morgan fingerprint density at radius 1 is 1.00 bits per heavy atom. The van der Waals surface area contributed by atoms with Gasteiger partial charge in [0, 0.05) is 62.1 Å². The number of nitrogens with zero attached hydrogens (tertiary/aromatic N) is 3. The summed E-state index contributed by atoms with van der Waals surface area (Å²) >= 11 is 11.7. The normalized spacial score (nSPS) is 14.3. The molecule has 0 spiro atoms. The molecule has 1 aliphatic heterocycles. The lowest BCUT2D eigenvalue weighted by Gasteiger charge is -2.35. The van der Waals surface area contributed by atoms with E-state index in [2.05, 4.69) is 17.0 Å². The van der Waals surface area contributed by atoms with Crippen molar-refractivity contribution in [1.29, 1.82) is 0 Å². The minimum absolute atomic E-state index is 0.0171. The van der Waals surface area contributed by atoms with Crippen LogP contribution in [0.15, 0.2) is 48.5 Å². The van der Waals surface area contributed by atoms with Gasteiger partial charge in [-0.15, -0.1) is 11.6 Å². The Hall–Kier alpha value is -2.12.